The van der Waals surface area contributed by atoms with Crippen LogP contribution in [0.1, 0.15) is 11.5 Å². The van der Waals surface area contributed by atoms with Crippen molar-refractivity contribution in [2.75, 3.05) is 16.3 Å². The lowest BCUT2D eigenvalue weighted by Gasteiger charge is -2.11. The van der Waals surface area contributed by atoms with E-state index in [1.54, 1.807) is 31.2 Å². The molecule has 0 aliphatic carbocycles. The fourth-order valence-corrected chi connectivity index (χ4v) is 3.10. The van der Waals surface area contributed by atoms with E-state index in [1.165, 1.54) is 0 Å². The maximum atomic E-state index is 12.4. The highest BCUT2D eigenvalue weighted by molar-refractivity contribution is 7.92. The van der Waals surface area contributed by atoms with Crippen molar-refractivity contribution >= 4 is 27.3 Å². The summed E-state index contributed by atoms with van der Waals surface area (Å²) in [7, 11) is -3.46. The summed E-state index contributed by atoms with van der Waals surface area (Å²) >= 11 is 0. The molecule has 1 aromatic heterocycles. The number of nitrogens with zero attached hydrogens (tertiary/aromatic N) is 1. The highest BCUT2D eigenvalue weighted by atomic mass is 32.2. The van der Waals surface area contributed by atoms with E-state index < -0.39 is 10.0 Å². The minimum Gasteiger partial charge on any atom is -0.441 e. The van der Waals surface area contributed by atoms with Gasteiger partial charge in [-0.05, 0) is 31.2 Å². The van der Waals surface area contributed by atoms with Gasteiger partial charge in [0.15, 0.2) is 0 Å². The van der Waals surface area contributed by atoms with Crippen molar-refractivity contribution < 1.29 is 17.6 Å². The number of aryl methyl sites for hydroxylation is 1. The normalized spacial score (nSPS) is 11.2. The van der Waals surface area contributed by atoms with Crippen LogP contribution in [-0.4, -0.2) is 25.6 Å². The lowest BCUT2D eigenvalue weighted by Crippen LogP contribution is -2.18. The molecular weight excluding hydrogens is 366 g/mol. The highest BCUT2D eigenvalue weighted by Gasteiger charge is 2.16. The van der Waals surface area contributed by atoms with Gasteiger partial charge in [-0.25, -0.2) is 13.4 Å². The molecule has 0 aliphatic rings. The molecule has 27 heavy (non-hydrogen) atoms. The first kappa shape index (κ1) is 18.7. The van der Waals surface area contributed by atoms with Crippen LogP contribution in [0.2, 0.25) is 0 Å². The second-order valence-electron chi connectivity index (χ2n) is 6.03. The number of benzene rings is 2. The van der Waals surface area contributed by atoms with Crippen LogP contribution in [0.15, 0.2) is 59.0 Å². The van der Waals surface area contributed by atoms with Gasteiger partial charge in [0.25, 0.3) is 0 Å². The standard InChI is InChI=1S/C19H19N3O4S/c1-13-17(21-19(26-13)14-8-4-3-5-9-14)12-18(23)20-15-10-6-7-11-16(15)22-27(2,24)25/h3-11,22H,12H2,1-2H3,(H,20,23). The summed E-state index contributed by atoms with van der Waals surface area (Å²) in [5, 5.41) is 2.71. The summed E-state index contributed by atoms with van der Waals surface area (Å²) in [6.07, 6.45) is 1.06. The second-order valence-corrected chi connectivity index (χ2v) is 7.78. The molecule has 0 spiro atoms. The van der Waals surface area contributed by atoms with Gasteiger partial charge >= 0.3 is 0 Å². The molecule has 3 aromatic rings. The highest BCUT2D eigenvalue weighted by Crippen LogP contribution is 2.24. The van der Waals surface area contributed by atoms with Gasteiger partial charge in [0.2, 0.25) is 21.8 Å². The predicted molar refractivity (Wildman–Crippen MR) is 104 cm³/mol. The van der Waals surface area contributed by atoms with Gasteiger partial charge in [-0.1, -0.05) is 30.3 Å². The van der Waals surface area contributed by atoms with Gasteiger partial charge in [-0.2, -0.15) is 0 Å². The molecular formula is C19H19N3O4S. The van der Waals surface area contributed by atoms with E-state index >= 15 is 0 Å². The smallest absolute Gasteiger partial charge is 0.230 e. The van der Waals surface area contributed by atoms with Gasteiger partial charge in [0.05, 0.1) is 29.7 Å². The van der Waals surface area contributed by atoms with E-state index in [2.05, 4.69) is 15.0 Å². The number of para-hydroxylation sites is 2. The Hall–Kier alpha value is -3.13. The lowest BCUT2D eigenvalue weighted by atomic mass is 10.2. The minimum atomic E-state index is -3.46. The van der Waals surface area contributed by atoms with E-state index in [9.17, 15) is 13.2 Å². The molecule has 3 rings (SSSR count). The summed E-state index contributed by atoms with van der Waals surface area (Å²) in [6, 6.07) is 16.0. The van der Waals surface area contributed by atoms with E-state index in [-0.39, 0.29) is 12.3 Å². The molecule has 2 aromatic carbocycles. The van der Waals surface area contributed by atoms with Crippen molar-refractivity contribution in [3.8, 4) is 11.5 Å². The quantitative estimate of drug-likeness (QED) is 0.678. The summed E-state index contributed by atoms with van der Waals surface area (Å²) in [6.45, 7) is 1.75. The Bertz CT molecular complexity index is 1060. The monoisotopic (exact) mass is 385 g/mol. The molecule has 8 heteroatoms. The molecule has 0 radical (unpaired) electrons. The topological polar surface area (TPSA) is 101 Å². The number of carbonyl (C=O) groups is 1. The molecule has 0 bridgehead atoms. The molecule has 7 nitrogen and oxygen atoms in total. The third-order valence-corrected chi connectivity index (χ3v) is 4.33. The first-order valence-corrected chi connectivity index (χ1v) is 10.1. The largest absolute Gasteiger partial charge is 0.441 e. The Morgan fingerprint density at radius 1 is 1.04 bits per heavy atom. The van der Waals surface area contributed by atoms with E-state index in [4.69, 9.17) is 4.42 Å². The van der Waals surface area contributed by atoms with Crippen molar-refractivity contribution in [1.29, 1.82) is 0 Å². The number of aromatic nitrogens is 1. The number of hydrogen-bond acceptors (Lipinski definition) is 5. The number of sulfonamides is 1. The zero-order chi connectivity index (χ0) is 19.4. The van der Waals surface area contributed by atoms with Crippen LogP contribution in [0.4, 0.5) is 11.4 Å². The molecule has 0 fully saturated rings. The average molecular weight is 385 g/mol. The van der Waals surface area contributed by atoms with Crippen LogP contribution in [0.3, 0.4) is 0 Å². The van der Waals surface area contributed by atoms with Crippen LogP contribution >= 0.6 is 0 Å². The van der Waals surface area contributed by atoms with Crippen molar-refractivity contribution in [3.05, 3.63) is 66.1 Å². The number of hydrogen-bond donors (Lipinski definition) is 2. The number of anilines is 2. The molecule has 0 saturated carbocycles. The molecule has 140 valence electrons. The van der Waals surface area contributed by atoms with E-state index in [1.807, 2.05) is 30.3 Å². The number of carbonyl (C=O) groups excluding carboxylic acids is 1. The molecule has 1 amide bonds. The fraction of sp³-hybridized carbons (Fsp3) is 0.158. The zero-order valence-electron chi connectivity index (χ0n) is 14.9. The van der Waals surface area contributed by atoms with Crippen molar-refractivity contribution in [2.45, 2.75) is 13.3 Å². The van der Waals surface area contributed by atoms with Crippen LogP contribution in [-0.2, 0) is 21.2 Å². The Morgan fingerprint density at radius 3 is 2.33 bits per heavy atom. The van der Waals surface area contributed by atoms with Gasteiger partial charge in [0, 0.05) is 5.56 Å². The van der Waals surface area contributed by atoms with Crippen LogP contribution in [0, 0.1) is 6.92 Å². The maximum absolute atomic E-state index is 12.4. The molecule has 0 atom stereocenters. The molecule has 0 saturated heterocycles. The molecule has 1 heterocycles. The Morgan fingerprint density at radius 2 is 1.67 bits per heavy atom. The number of rotatable bonds is 6. The van der Waals surface area contributed by atoms with Crippen LogP contribution < -0.4 is 10.0 Å². The first-order chi connectivity index (χ1) is 12.8. The van der Waals surface area contributed by atoms with Crippen molar-refractivity contribution in [2.24, 2.45) is 0 Å². The Labute approximate surface area is 157 Å². The maximum Gasteiger partial charge on any atom is 0.230 e. The summed E-state index contributed by atoms with van der Waals surface area (Å²) in [5.41, 5.74) is 2.03. The Kier molecular flexibility index (Phi) is 5.27. The molecule has 2 N–H and O–H groups in total. The van der Waals surface area contributed by atoms with Crippen LogP contribution in [0.25, 0.3) is 11.5 Å². The SMILES string of the molecule is Cc1oc(-c2ccccc2)nc1CC(=O)Nc1ccccc1NS(C)(=O)=O. The molecule has 0 unspecified atom stereocenters. The predicted octanol–water partition coefficient (Wildman–Crippen LogP) is 3.20. The summed E-state index contributed by atoms with van der Waals surface area (Å²) < 4.78 is 31.0. The number of nitrogens with one attached hydrogen (secondary N) is 2. The lowest BCUT2D eigenvalue weighted by molar-refractivity contribution is -0.115. The molecule has 0 aliphatic heterocycles. The fourth-order valence-electron chi connectivity index (χ4n) is 2.52. The first-order valence-electron chi connectivity index (χ1n) is 8.20. The third-order valence-electron chi connectivity index (χ3n) is 3.74. The number of oxazole rings is 1. The van der Waals surface area contributed by atoms with E-state index in [0.29, 0.717) is 28.7 Å². The van der Waals surface area contributed by atoms with Gasteiger partial charge in [0.1, 0.15) is 5.76 Å². The Balaban J connectivity index is 1.75. The zero-order valence-corrected chi connectivity index (χ0v) is 15.7. The van der Waals surface area contributed by atoms with Gasteiger partial charge in [-0.15, -0.1) is 0 Å². The summed E-state index contributed by atoms with van der Waals surface area (Å²) in [5.74, 6) is 0.690. The van der Waals surface area contributed by atoms with E-state index in [0.717, 1.165) is 11.8 Å². The minimum absolute atomic E-state index is 0.00930. The van der Waals surface area contributed by atoms with Gasteiger partial charge < -0.3 is 9.73 Å². The number of amides is 1. The van der Waals surface area contributed by atoms with Crippen molar-refractivity contribution in [1.82, 2.24) is 4.98 Å². The van der Waals surface area contributed by atoms with Gasteiger partial charge in [-0.3, -0.25) is 9.52 Å². The second kappa shape index (κ2) is 7.63. The summed E-state index contributed by atoms with van der Waals surface area (Å²) in [4.78, 5) is 16.8. The third kappa shape index (κ3) is 4.95. The average Bonchev–Trinajstić information content (AvgIpc) is 2.97. The van der Waals surface area contributed by atoms with Crippen molar-refractivity contribution in [3.63, 3.8) is 0 Å². The van der Waals surface area contributed by atoms with Crippen LogP contribution in [0.5, 0.6) is 0 Å².